The van der Waals surface area contributed by atoms with Crippen molar-refractivity contribution < 1.29 is 0 Å². The Bertz CT molecular complexity index is 1550. The molecular weight excluding hydrogens is 907 g/mol. The molecule has 0 amide bonds. The van der Waals surface area contributed by atoms with Gasteiger partial charge in [0, 0.05) is 9.75 Å². The number of thiophene rings is 3. The van der Waals surface area contributed by atoms with Crippen molar-refractivity contribution in [2.75, 3.05) is 0 Å². The van der Waals surface area contributed by atoms with Crippen LogP contribution in [0, 0.1) is 11.8 Å². The van der Waals surface area contributed by atoms with Gasteiger partial charge in [0.25, 0.3) is 0 Å². The highest BCUT2D eigenvalue weighted by Crippen LogP contribution is 2.46. The number of nitrogens with zero attached hydrogens (tertiary/aromatic N) is 2. The van der Waals surface area contributed by atoms with Crippen molar-refractivity contribution in [3.63, 3.8) is 0 Å². The molecule has 0 aromatic carbocycles. The minimum atomic E-state index is 0.673. The molecule has 0 spiro atoms. The fraction of sp³-hybridized carbons (Fsp3) is 0.696. The Hall–Kier alpha value is -0.0200. The van der Waals surface area contributed by atoms with Crippen molar-refractivity contribution in [3.8, 4) is 21.1 Å². The van der Waals surface area contributed by atoms with Gasteiger partial charge in [0.1, 0.15) is 22.4 Å². The summed E-state index contributed by atoms with van der Waals surface area (Å²) in [6.07, 6.45) is 34.0. The maximum atomic E-state index is 7.15. The first-order chi connectivity index (χ1) is 26.8. The van der Waals surface area contributed by atoms with Crippen LogP contribution >= 0.6 is 89.1 Å². The Balaban J connectivity index is 1.60. The maximum absolute atomic E-state index is 7.15. The highest BCUT2D eigenvalue weighted by Gasteiger charge is 2.24. The molecule has 2 nitrogen and oxygen atoms in total. The molecule has 4 aromatic heterocycles. The Morgan fingerprint density at radius 1 is 0.473 bits per heavy atom. The van der Waals surface area contributed by atoms with Gasteiger partial charge in [0.2, 0.25) is 0 Å². The summed E-state index contributed by atoms with van der Waals surface area (Å²) in [5.41, 5.74) is 3.62. The maximum Gasteiger partial charge on any atom is 0.116 e. The van der Waals surface area contributed by atoms with Crippen LogP contribution in [-0.2, 0) is 12.8 Å². The van der Waals surface area contributed by atoms with Gasteiger partial charge in [-0.2, -0.15) is 0 Å². The molecule has 9 heteroatoms. The fourth-order valence-corrected chi connectivity index (χ4v) is 13.8. The van der Waals surface area contributed by atoms with Gasteiger partial charge in [0.15, 0.2) is 0 Å². The van der Waals surface area contributed by atoms with Crippen LogP contribution < -0.4 is 0 Å². The Kier molecular flexibility index (Phi) is 23.4. The molecule has 0 radical (unpaired) electrons. The van der Waals surface area contributed by atoms with Crippen molar-refractivity contribution in [1.82, 2.24) is 9.97 Å². The highest BCUT2D eigenvalue weighted by molar-refractivity contribution is 9.12. The van der Waals surface area contributed by atoms with Crippen molar-refractivity contribution in [2.45, 2.75) is 195 Å². The lowest BCUT2D eigenvalue weighted by atomic mass is 9.91. The van der Waals surface area contributed by atoms with Crippen LogP contribution in [0.5, 0.6) is 0 Å². The van der Waals surface area contributed by atoms with Gasteiger partial charge in [-0.1, -0.05) is 205 Å². The van der Waals surface area contributed by atoms with E-state index in [-0.39, 0.29) is 0 Å². The Morgan fingerprint density at radius 2 is 0.782 bits per heavy atom. The Morgan fingerprint density at radius 3 is 1.13 bits per heavy atom. The number of hydrogen-bond acceptors (Lipinski definition) is 5. The molecule has 55 heavy (non-hydrogen) atoms. The minimum Gasteiger partial charge on any atom is -0.241 e. The molecule has 0 saturated carbocycles. The van der Waals surface area contributed by atoms with Crippen LogP contribution in [0.15, 0.2) is 19.7 Å². The molecule has 0 saturated heterocycles. The molecule has 2 unspecified atom stereocenters. The predicted molar refractivity (Wildman–Crippen MR) is 257 cm³/mol. The van der Waals surface area contributed by atoms with Crippen LogP contribution in [0.1, 0.15) is 192 Å². The number of halogens is 4. The second-order valence-corrected chi connectivity index (χ2v) is 22.7. The van der Waals surface area contributed by atoms with Crippen LogP contribution in [-0.4, -0.2) is 9.97 Å². The summed E-state index contributed by atoms with van der Waals surface area (Å²) in [6.45, 7) is 9.20. The zero-order valence-corrected chi connectivity index (χ0v) is 41.5. The number of rotatable bonds is 30. The van der Waals surface area contributed by atoms with Gasteiger partial charge in [-0.25, -0.2) is 9.97 Å². The van der Waals surface area contributed by atoms with E-state index in [9.17, 15) is 0 Å². The summed E-state index contributed by atoms with van der Waals surface area (Å²) in [5.74, 6) is 1.35. The monoisotopic (exact) mass is 972 g/mol. The largest absolute Gasteiger partial charge is 0.241 e. The third-order valence-electron chi connectivity index (χ3n) is 11.2. The second kappa shape index (κ2) is 27.0. The van der Waals surface area contributed by atoms with Gasteiger partial charge in [0.05, 0.1) is 27.4 Å². The van der Waals surface area contributed by atoms with Gasteiger partial charge >= 0.3 is 0 Å². The summed E-state index contributed by atoms with van der Waals surface area (Å²) in [4.78, 5) is 15.5. The molecule has 0 N–H and O–H groups in total. The van der Waals surface area contributed by atoms with E-state index in [0.717, 1.165) is 62.6 Å². The molecule has 2 atom stereocenters. The second-order valence-electron chi connectivity index (χ2n) is 16.0. The SMILES string of the molecule is CCCCCCCCC(CCCCCC)Cc1sc(-c2nc3c(Br)sc(Br)c3nc2-c2cc(Cl)c(CC(CCCCCC)CCCCCCCC)s2)cc1Cl. The summed E-state index contributed by atoms with van der Waals surface area (Å²) in [6, 6.07) is 4.33. The summed E-state index contributed by atoms with van der Waals surface area (Å²) < 4.78 is 1.99. The van der Waals surface area contributed by atoms with E-state index in [2.05, 4.69) is 71.7 Å². The van der Waals surface area contributed by atoms with Gasteiger partial charge in [-0.15, -0.1) is 34.0 Å². The lowest BCUT2D eigenvalue weighted by Gasteiger charge is -2.17. The number of unbranched alkanes of at least 4 members (excludes halogenated alkanes) is 16. The number of aromatic nitrogens is 2. The van der Waals surface area contributed by atoms with E-state index in [1.54, 1.807) is 11.3 Å². The minimum absolute atomic E-state index is 0.673. The number of hydrogen-bond donors (Lipinski definition) is 0. The van der Waals surface area contributed by atoms with Crippen LogP contribution in [0.4, 0.5) is 0 Å². The van der Waals surface area contributed by atoms with E-state index < -0.39 is 0 Å². The smallest absolute Gasteiger partial charge is 0.116 e. The van der Waals surface area contributed by atoms with E-state index in [4.69, 9.17) is 33.2 Å². The molecule has 0 aliphatic carbocycles. The number of fused-ring (bicyclic) bond motifs is 1. The van der Waals surface area contributed by atoms with Gasteiger partial charge in [-0.05, 0) is 68.7 Å². The summed E-state index contributed by atoms with van der Waals surface area (Å²) >= 11 is 27.2. The van der Waals surface area contributed by atoms with E-state index in [1.165, 1.54) is 164 Å². The first-order valence-corrected chi connectivity index (χ1v) is 26.8. The topological polar surface area (TPSA) is 25.8 Å². The molecule has 4 aromatic rings. The first kappa shape index (κ1) is 47.7. The first-order valence-electron chi connectivity index (χ1n) is 22.0. The predicted octanol–water partition coefficient (Wildman–Crippen LogP) is 19.7. The highest BCUT2D eigenvalue weighted by atomic mass is 79.9. The van der Waals surface area contributed by atoms with E-state index >= 15 is 0 Å². The van der Waals surface area contributed by atoms with E-state index in [0.29, 0.717) is 11.8 Å². The van der Waals surface area contributed by atoms with Crippen molar-refractivity contribution in [2.24, 2.45) is 11.8 Å². The van der Waals surface area contributed by atoms with Crippen molar-refractivity contribution in [1.29, 1.82) is 0 Å². The summed E-state index contributed by atoms with van der Waals surface area (Å²) in [5, 5.41) is 1.76. The molecule has 4 rings (SSSR count). The van der Waals surface area contributed by atoms with Gasteiger partial charge < -0.3 is 0 Å². The fourth-order valence-electron chi connectivity index (χ4n) is 7.92. The normalized spacial score (nSPS) is 13.0. The van der Waals surface area contributed by atoms with Gasteiger partial charge in [-0.3, -0.25) is 0 Å². The van der Waals surface area contributed by atoms with Crippen LogP contribution in [0.2, 0.25) is 10.0 Å². The average molecular weight is 976 g/mol. The molecule has 0 aliphatic rings. The third kappa shape index (κ3) is 15.8. The van der Waals surface area contributed by atoms with Crippen LogP contribution in [0.3, 0.4) is 0 Å². The third-order valence-corrected chi connectivity index (χ3v) is 16.9. The Labute approximate surface area is 374 Å². The molecule has 4 heterocycles. The van der Waals surface area contributed by atoms with Crippen LogP contribution in [0.25, 0.3) is 32.2 Å². The molecule has 0 fully saturated rings. The lowest BCUT2D eigenvalue weighted by Crippen LogP contribution is -2.05. The lowest BCUT2D eigenvalue weighted by molar-refractivity contribution is 0.404. The molecule has 0 aliphatic heterocycles. The zero-order valence-electron chi connectivity index (χ0n) is 34.3. The zero-order chi connectivity index (χ0) is 39.4. The van der Waals surface area contributed by atoms with Crippen molar-refractivity contribution in [3.05, 3.63) is 39.5 Å². The quantitative estimate of drug-likeness (QED) is 0.0487. The molecule has 308 valence electrons. The van der Waals surface area contributed by atoms with Crippen molar-refractivity contribution >= 4 is 100 Å². The standard InChI is InChI=1S/C46H68Br2Cl2N2S3/c1-5-9-13-17-19-23-27-33(25-21-15-11-7-3)29-37-35(49)31-39(53-37)41-42(52-44-43(51-41)45(47)55-46(44)48)40-32-36(50)38(54-40)30-34(26-22-16-12-8-4)28-24-20-18-14-10-6-2/h31-34H,5-30H2,1-4H3. The average Bonchev–Trinajstić information content (AvgIpc) is 3.82. The summed E-state index contributed by atoms with van der Waals surface area (Å²) in [7, 11) is 0. The van der Waals surface area contributed by atoms with E-state index in [1.807, 2.05) is 22.7 Å². The molecule has 0 bridgehead atoms. The molecular formula is C46H68Br2Cl2N2S3.